The van der Waals surface area contributed by atoms with Crippen LogP contribution in [0.1, 0.15) is 28.9 Å². The first-order chi connectivity index (χ1) is 12.4. The fourth-order valence-corrected chi connectivity index (χ4v) is 3.10. The van der Waals surface area contributed by atoms with Crippen LogP contribution in [-0.4, -0.2) is 25.2 Å². The van der Waals surface area contributed by atoms with E-state index in [9.17, 15) is 9.59 Å². The van der Waals surface area contributed by atoms with Gasteiger partial charge in [-0.2, -0.15) is 0 Å². The maximum Gasteiger partial charge on any atom is 0.251 e. The average molecular weight is 395 g/mol. The number of carbonyl (C=O) groups is 2. The Morgan fingerprint density at radius 1 is 1.12 bits per heavy atom. The molecule has 0 bridgehead atoms. The number of nitrogens with one attached hydrogen (secondary N) is 2. The fraction of sp³-hybridized carbons (Fsp3) is 0.222. The molecule has 0 aliphatic carbocycles. The largest absolute Gasteiger partial charge is 0.454 e. The molecular formula is C18H16Cl2N2O4. The predicted molar refractivity (Wildman–Crippen MR) is 97.9 cm³/mol. The van der Waals surface area contributed by atoms with Crippen LogP contribution in [0, 0.1) is 0 Å². The number of amides is 2. The number of benzene rings is 2. The summed E-state index contributed by atoms with van der Waals surface area (Å²) < 4.78 is 10.4. The second-order valence-electron chi connectivity index (χ2n) is 5.71. The topological polar surface area (TPSA) is 76.7 Å². The van der Waals surface area contributed by atoms with Gasteiger partial charge in [0.15, 0.2) is 11.5 Å². The van der Waals surface area contributed by atoms with Crippen LogP contribution in [0.4, 0.5) is 0 Å². The summed E-state index contributed by atoms with van der Waals surface area (Å²) in [6, 6.07) is 9.58. The third-order valence-electron chi connectivity index (χ3n) is 3.85. The Bertz CT molecular complexity index is 857. The van der Waals surface area contributed by atoms with E-state index < -0.39 is 0 Å². The lowest BCUT2D eigenvalue weighted by Gasteiger charge is -2.16. The zero-order valence-corrected chi connectivity index (χ0v) is 15.4. The highest BCUT2D eigenvalue weighted by molar-refractivity contribution is 6.35. The summed E-state index contributed by atoms with van der Waals surface area (Å²) in [6.45, 7) is 1.77. The van der Waals surface area contributed by atoms with Crippen LogP contribution in [0.15, 0.2) is 36.4 Å². The Hall–Kier alpha value is -2.44. The fourth-order valence-electron chi connectivity index (χ4n) is 2.52. The lowest BCUT2D eigenvalue weighted by atomic mass is 10.1. The van der Waals surface area contributed by atoms with Gasteiger partial charge in [-0.1, -0.05) is 29.3 Å². The van der Waals surface area contributed by atoms with Gasteiger partial charge >= 0.3 is 0 Å². The van der Waals surface area contributed by atoms with Crippen molar-refractivity contribution in [3.05, 3.63) is 57.6 Å². The molecule has 136 valence electrons. The minimum atomic E-state index is -0.379. The number of carbonyl (C=O) groups excluding carboxylic acids is 2. The molecular weight excluding hydrogens is 379 g/mol. The summed E-state index contributed by atoms with van der Waals surface area (Å²) in [4.78, 5) is 24.3. The monoisotopic (exact) mass is 394 g/mol. The maximum absolute atomic E-state index is 12.2. The van der Waals surface area contributed by atoms with Gasteiger partial charge in [0, 0.05) is 15.6 Å². The lowest BCUT2D eigenvalue weighted by Crippen LogP contribution is -2.38. The first-order valence-electron chi connectivity index (χ1n) is 7.86. The second-order valence-corrected chi connectivity index (χ2v) is 6.55. The third kappa shape index (κ3) is 4.20. The highest BCUT2D eigenvalue weighted by Gasteiger charge is 2.17. The number of hydrogen-bond acceptors (Lipinski definition) is 4. The predicted octanol–water partition coefficient (Wildman–Crippen LogP) is 3.33. The molecule has 1 heterocycles. The van der Waals surface area contributed by atoms with E-state index in [1.54, 1.807) is 43.3 Å². The van der Waals surface area contributed by atoms with Crippen molar-refractivity contribution in [1.29, 1.82) is 0 Å². The Kier molecular flexibility index (Phi) is 5.54. The van der Waals surface area contributed by atoms with Crippen molar-refractivity contribution < 1.29 is 19.1 Å². The number of hydrogen-bond donors (Lipinski definition) is 2. The van der Waals surface area contributed by atoms with E-state index in [4.69, 9.17) is 32.7 Å². The van der Waals surface area contributed by atoms with Crippen LogP contribution in [0.25, 0.3) is 0 Å². The molecule has 0 saturated carbocycles. The smallest absolute Gasteiger partial charge is 0.251 e. The van der Waals surface area contributed by atoms with Crippen LogP contribution in [0.5, 0.6) is 11.5 Å². The van der Waals surface area contributed by atoms with Gasteiger partial charge in [0.1, 0.15) is 0 Å². The standard InChI is InChI=1S/C18H16Cl2N2O4/c1-10(13-4-3-12(19)7-14(13)20)22-17(23)8-21-18(24)11-2-5-15-16(6-11)26-9-25-15/h2-7,10H,8-9H2,1H3,(H,21,24)(H,22,23). The van der Waals surface area contributed by atoms with Crippen molar-refractivity contribution in [2.24, 2.45) is 0 Å². The van der Waals surface area contributed by atoms with Crippen LogP contribution >= 0.6 is 23.2 Å². The summed E-state index contributed by atoms with van der Waals surface area (Å²) in [5, 5.41) is 6.34. The van der Waals surface area contributed by atoms with E-state index in [1.165, 1.54) is 0 Å². The summed E-state index contributed by atoms with van der Waals surface area (Å²) in [5.41, 5.74) is 1.13. The van der Waals surface area contributed by atoms with E-state index in [2.05, 4.69) is 10.6 Å². The van der Waals surface area contributed by atoms with Crippen molar-refractivity contribution in [2.75, 3.05) is 13.3 Å². The summed E-state index contributed by atoms with van der Waals surface area (Å²) in [5.74, 6) is 0.384. The van der Waals surface area contributed by atoms with Crippen molar-refractivity contribution >= 4 is 35.0 Å². The zero-order valence-electron chi connectivity index (χ0n) is 13.8. The average Bonchev–Trinajstić information content (AvgIpc) is 3.07. The van der Waals surface area contributed by atoms with E-state index >= 15 is 0 Å². The Balaban J connectivity index is 1.54. The van der Waals surface area contributed by atoms with Gasteiger partial charge in [-0.05, 0) is 42.8 Å². The lowest BCUT2D eigenvalue weighted by molar-refractivity contribution is -0.120. The molecule has 8 heteroatoms. The van der Waals surface area contributed by atoms with Crippen LogP contribution in [-0.2, 0) is 4.79 Å². The molecule has 2 aromatic carbocycles. The molecule has 0 radical (unpaired) electrons. The first kappa shape index (κ1) is 18.4. The van der Waals surface area contributed by atoms with E-state index in [-0.39, 0.29) is 31.2 Å². The van der Waals surface area contributed by atoms with Crippen LogP contribution in [0.2, 0.25) is 10.0 Å². The quantitative estimate of drug-likeness (QED) is 0.815. The van der Waals surface area contributed by atoms with Crippen molar-refractivity contribution in [1.82, 2.24) is 10.6 Å². The number of fused-ring (bicyclic) bond motifs is 1. The molecule has 2 amide bonds. The molecule has 1 unspecified atom stereocenters. The minimum Gasteiger partial charge on any atom is -0.454 e. The summed E-state index contributed by atoms with van der Waals surface area (Å²) >= 11 is 12.0. The van der Waals surface area contributed by atoms with Gasteiger partial charge in [0.2, 0.25) is 12.7 Å². The minimum absolute atomic E-state index is 0.133. The highest BCUT2D eigenvalue weighted by atomic mass is 35.5. The summed E-state index contributed by atoms with van der Waals surface area (Å²) in [6.07, 6.45) is 0. The molecule has 0 saturated heterocycles. The summed E-state index contributed by atoms with van der Waals surface area (Å²) in [7, 11) is 0. The van der Waals surface area contributed by atoms with Gasteiger partial charge in [-0.3, -0.25) is 9.59 Å². The number of ether oxygens (including phenoxy) is 2. The van der Waals surface area contributed by atoms with Crippen molar-refractivity contribution in [2.45, 2.75) is 13.0 Å². The molecule has 0 aromatic heterocycles. The molecule has 2 N–H and O–H groups in total. The molecule has 1 atom stereocenters. The number of rotatable bonds is 5. The molecule has 0 spiro atoms. The van der Waals surface area contributed by atoms with Gasteiger partial charge < -0.3 is 20.1 Å². The Morgan fingerprint density at radius 2 is 1.88 bits per heavy atom. The second kappa shape index (κ2) is 7.85. The first-order valence-corrected chi connectivity index (χ1v) is 8.62. The molecule has 3 rings (SSSR count). The molecule has 0 fully saturated rings. The van der Waals surface area contributed by atoms with E-state index in [1.807, 2.05) is 0 Å². The van der Waals surface area contributed by atoms with E-state index in [0.717, 1.165) is 5.56 Å². The molecule has 6 nitrogen and oxygen atoms in total. The molecule has 2 aromatic rings. The maximum atomic E-state index is 12.2. The normalized spacial score (nSPS) is 13.2. The van der Waals surface area contributed by atoms with Crippen LogP contribution in [0.3, 0.4) is 0 Å². The van der Waals surface area contributed by atoms with Crippen LogP contribution < -0.4 is 20.1 Å². The molecule has 1 aliphatic heterocycles. The van der Waals surface area contributed by atoms with E-state index in [0.29, 0.717) is 27.1 Å². The van der Waals surface area contributed by atoms with Crippen molar-refractivity contribution in [3.63, 3.8) is 0 Å². The van der Waals surface area contributed by atoms with Gasteiger partial charge in [-0.15, -0.1) is 0 Å². The molecule has 1 aliphatic rings. The zero-order chi connectivity index (χ0) is 18.7. The SMILES string of the molecule is CC(NC(=O)CNC(=O)c1ccc2c(c1)OCO2)c1ccc(Cl)cc1Cl. The van der Waals surface area contributed by atoms with Gasteiger partial charge in [-0.25, -0.2) is 0 Å². The Labute approximate surface area is 160 Å². The van der Waals surface area contributed by atoms with Gasteiger partial charge in [0.25, 0.3) is 5.91 Å². The molecule has 26 heavy (non-hydrogen) atoms. The number of halogens is 2. The van der Waals surface area contributed by atoms with Gasteiger partial charge in [0.05, 0.1) is 12.6 Å². The highest BCUT2D eigenvalue weighted by Crippen LogP contribution is 2.32. The van der Waals surface area contributed by atoms with Crippen molar-refractivity contribution in [3.8, 4) is 11.5 Å². The third-order valence-corrected chi connectivity index (χ3v) is 4.41. The Morgan fingerprint density at radius 3 is 2.65 bits per heavy atom.